The Bertz CT molecular complexity index is 1360. The molecule has 170 valence electrons. The monoisotopic (exact) mass is 534 g/mol. The molecular formula is C23H18BrF3N4OS. The summed E-state index contributed by atoms with van der Waals surface area (Å²) in [5, 5.41) is 7.30. The van der Waals surface area contributed by atoms with Gasteiger partial charge in [-0.05, 0) is 77.7 Å². The van der Waals surface area contributed by atoms with Crippen LogP contribution >= 0.6 is 27.3 Å². The van der Waals surface area contributed by atoms with Gasteiger partial charge in [0.25, 0.3) is 0 Å². The van der Waals surface area contributed by atoms with Crippen molar-refractivity contribution < 1.29 is 18.0 Å². The van der Waals surface area contributed by atoms with Crippen molar-refractivity contribution in [3.8, 4) is 10.6 Å². The van der Waals surface area contributed by atoms with E-state index in [1.807, 2.05) is 31.2 Å². The summed E-state index contributed by atoms with van der Waals surface area (Å²) in [4.78, 5) is 17.2. The van der Waals surface area contributed by atoms with Gasteiger partial charge in [0.15, 0.2) is 5.69 Å². The second kappa shape index (κ2) is 8.25. The quantitative estimate of drug-likeness (QED) is 0.307. The third-order valence-electron chi connectivity index (χ3n) is 5.42. The van der Waals surface area contributed by atoms with Crippen molar-refractivity contribution in [3.63, 3.8) is 0 Å². The number of alkyl halides is 3. The molecule has 2 aromatic carbocycles. The number of benzene rings is 2. The van der Waals surface area contributed by atoms with E-state index in [1.165, 1.54) is 5.56 Å². The van der Waals surface area contributed by atoms with Crippen LogP contribution in [-0.4, -0.2) is 20.7 Å². The smallest absolute Gasteiger partial charge is 0.324 e. The summed E-state index contributed by atoms with van der Waals surface area (Å²) in [7, 11) is 0. The minimum Gasteiger partial charge on any atom is -0.324 e. The van der Waals surface area contributed by atoms with E-state index < -0.39 is 17.8 Å². The summed E-state index contributed by atoms with van der Waals surface area (Å²) >= 11 is 4.64. The summed E-state index contributed by atoms with van der Waals surface area (Å²) in [6.07, 6.45) is -3.01. The fourth-order valence-corrected chi connectivity index (χ4v) is 5.59. The fraction of sp³-hybridized carbons (Fsp3) is 0.261. The van der Waals surface area contributed by atoms with Gasteiger partial charge in [0.05, 0.1) is 20.4 Å². The summed E-state index contributed by atoms with van der Waals surface area (Å²) in [6, 6.07) is 13.4. The van der Waals surface area contributed by atoms with Gasteiger partial charge in [0, 0.05) is 17.2 Å². The van der Waals surface area contributed by atoms with E-state index in [1.54, 1.807) is 23.5 Å². The van der Waals surface area contributed by atoms with Gasteiger partial charge in [0.2, 0.25) is 5.91 Å². The Balaban J connectivity index is 1.31. The molecule has 1 amide bonds. The maximum Gasteiger partial charge on any atom is 0.436 e. The van der Waals surface area contributed by atoms with Gasteiger partial charge >= 0.3 is 6.18 Å². The van der Waals surface area contributed by atoms with E-state index in [9.17, 15) is 18.0 Å². The molecule has 1 aliphatic carbocycles. The van der Waals surface area contributed by atoms with Gasteiger partial charge in [-0.3, -0.25) is 9.48 Å². The number of aromatic nitrogens is 3. The van der Waals surface area contributed by atoms with Gasteiger partial charge in [-0.1, -0.05) is 6.07 Å². The van der Waals surface area contributed by atoms with Crippen LogP contribution in [0, 0.1) is 6.92 Å². The highest BCUT2D eigenvalue weighted by Gasteiger charge is 2.41. The largest absolute Gasteiger partial charge is 0.436 e. The van der Waals surface area contributed by atoms with Gasteiger partial charge in [-0.2, -0.15) is 18.3 Å². The lowest BCUT2D eigenvalue weighted by Gasteiger charge is -2.09. The zero-order valence-corrected chi connectivity index (χ0v) is 19.8. The molecule has 1 fully saturated rings. The average molecular weight is 535 g/mol. The number of nitrogens with zero attached hydrogens (tertiary/aromatic N) is 3. The number of thiazole rings is 1. The second-order valence-electron chi connectivity index (χ2n) is 8.09. The van der Waals surface area contributed by atoms with Crippen LogP contribution in [0.25, 0.3) is 20.8 Å². The lowest BCUT2D eigenvalue weighted by molar-refractivity contribution is -0.142. The number of nitrogens with one attached hydrogen (secondary N) is 1. The molecule has 0 radical (unpaired) electrons. The van der Waals surface area contributed by atoms with Crippen LogP contribution in [0.3, 0.4) is 0 Å². The zero-order chi connectivity index (χ0) is 23.3. The fourth-order valence-electron chi connectivity index (χ4n) is 3.69. The standard InChI is InChI=1S/C23H18BrF3N4OS/c1-12-2-9-16-17(10-12)33-22(29-16)14-5-7-15(8-6-14)28-18(32)11-31-20(13-3-4-13)19(24)21(30-31)23(25,26)27/h2,5-10,13H,3-4,11H2,1H3,(H,28,32). The highest BCUT2D eigenvalue weighted by Crippen LogP contribution is 2.47. The highest BCUT2D eigenvalue weighted by molar-refractivity contribution is 9.10. The Morgan fingerprint density at radius 1 is 1.21 bits per heavy atom. The normalized spacial score (nSPS) is 14.1. The maximum absolute atomic E-state index is 13.3. The molecule has 1 saturated carbocycles. The number of fused-ring (bicyclic) bond motifs is 1. The number of aryl methyl sites for hydroxylation is 1. The van der Waals surface area contributed by atoms with Crippen LogP contribution in [0.15, 0.2) is 46.9 Å². The predicted octanol–water partition coefficient (Wildman–Crippen LogP) is 6.77. The molecule has 10 heteroatoms. The first kappa shape index (κ1) is 22.1. The summed E-state index contributed by atoms with van der Waals surface area (Å²) < 4.78 is 42.0. The lowest BCUT2D eigenvalue weighted by Crippen LogP contribution is -2.21. The number of carbonyl (C=O) groups is 1. The van der Waals surface area contributed by atoms with Crippen molar-refractivity contribution in [2.24, 2.45) is 0 Å². The van der Waals surface area contributed by atoms with Crippen LogP contribution in [-0.2, 0) is 17.5 Å². The molecule has 33 heavy (non-hydrogen) atoms. The minimum absolute atomic E-state index is 0.00680. The molecule has 1 N–H and O–H groups in total. The van der Waals surface area contributed by atoms with Crippen molar-refractivity contribution in [3.05, 3.63) is 63.9 Å². The van der Waals surface area contributed by atoms with Gasteiger partial charge < -0.3 is 5.32 Å². The van der Waals surface area contributed by atoms with Crippen LogP contribution < -0.4 is 5.32 Å². The van der Waals surface area contributed by atoms with E-state index in [0.29, 0.717) is 11.4 Å². The predicted molar refractivity (Wildman–Crippen MR) is 125 cm³/mol. The van der Waals surface area contributed by atoms with E-state index in [4.69, 9.17) is 0 Å². The Morgan fingerprint density at radius 3 is 2.61 bits per heavy atom. The summed E-state index contributed by atoms with van der Waals surface area (Å²) in [5.74, 6) is -0.448. The third-order valence-corrected chi connectivity index (χ3v) is 7.27. The van der Waals surface area contributed by atoms with Crippen molar-refractivity contribution >= 4 is 49.1 Å². The number of amides is 1. The second-order valence-corrected chi connectivity index (χ2v) is 9.92. The minimum atomic E-state index is -4.58. The molecule has 0 spiro atoms. The van der Waals surface area contributed by atoms with Gasteiger partial charge in [-0.25, -0.2) is 4.98 Å². The van der Waals surface area contributed by atoms with Crippen molar-refractivity contribution in [1.82, 2.24) is 14.8 Å². The Hall–Kier alpha value is -2.72. The number of carbonyl (C=O) groups excluding carboxylic acids is 1. The van der Waals surface area contributed by atoms with Crippen LogP contribution in [0.2, 0.25) is 0 Å². The number of hydrogen-bond acceptors (Lipinski definition) is 4. The van der Waals surface area contributed by atoms with Crippen molar-refractivity contribution in [2.45, 2.75) is 38.4 Å². The van der Waals surface area contributed by atoms with Crippen LogP contribution in [0.4, 0.5) is 18.9 Å². The van der Waals surface area contributed by atoms with E-state index in [-0.39, 0.29) is 16.9 Å². The lowest BCUT2D eigenvalue weighted by atomic mass is 10.2. The molecule has 0 atom stereocenters. The SMILES string of the molecule is Cc1ccc2nc(-c3ccc(NC(=O)Cn4nc(C(F)(F)F)c(Br)c4C4CC4)cc3)sc2c1. The molecule has 0 bridgehead atoms. The summed E-state index contributed by atoms with van der Waals surface area (Å²) in [6.45, 7) is 1.75. The third kappa shape index (κ3) is 4.54. The zero-order valence-electron chi connectivity index (χ0n) is 17.4. The topological polar surface area (TPSA) is 59.8 Å². The summed E-state index contributed by atoms with van der Waals surface area (Å²) in [5.41, 5.74) is 3.02. The Labute approximate surface area is 199 Å². The Morgan fingerprint density at radius 2 is 1.94 bits per heavy atom. The van der Waals surface area contributed by atoms with Gasteiger partial charge in [0.1, 0.15) is 11.6 Å². The van der Waals surface area contributed by atoms with Crippen LogP contribution in [0.1, 0.15) is 35.7 Å². The van der Waals surface area contributed by atoms with E-state index >= 15 is 0 Å². The number of rotatable bonds is 5. The number of anilines is 1. The molecule has 4 aromatic rings. The molecule has 5 nitrogen and oxygen atoms in total. The van der Waals surface area contributed by atoms with E-state index in [0.717, 1.165) is 38.3 Å². The van der Waals surface area contributed by atoms with Crippen LogP contribution in [0.5, 0.6) is 0 Å². The molecule has 0 saturated heterocycles. The molecule has 2 aromatic heterocycles. The number of hydrogen-bond donors (Lipinski definition) is 1. The first-order valence-electron chi connectivity index (χ1n) is 10.3. The number of halogens is 4. The molecule has 5 rings (SSSR count). The highest BCUT2D eigenvalue weighted by atomic mass is 79.9. The molecule has 0 unspecified atom stereocenters. The van der Waals surface area contributed by atoms with E-state index in [2.05, 4.69) is 37.4 Å². The maximum atomic E-state index is 13.3. The van der Waals surface area contributed by atoms with Crippen molar-refractivity contribution in [2.75, 3.05) is 5.32 Å². The average Bonchev–Trinajstić information content (AvgIpc) is 3.40. The molecular weight excluding hydrogens is 517 g/mol. The molecule has 1 aliphatic rings. The first-order valence-corrected chi connectivity index (χ1v) is 11.9. The molecule has 2 heterocycles. The molecule has 0 aliphatic heterocycles. The first-order chi connectivity index (χ1) is 15.7. The van der Waals surface area contributed by atoms with Gasteiger partial charge in [-0.15, -0.1) is 11.3 Å². The van der Waals surface area contributed by atoms with Crippen molar-refractivity contribution in [1.29, 1.82) is 0 Å². The Kier molecular flexibility index (Phi) is 5.52.